The molecule has 0 bridgehead atoms. The number of fused-ring (bicyclic) bond motifs is 3. The van der Waals surface area contributed by atoms with Gasteiger partial charge in [-0.15, -0.1) is 11.3 Å². The van der Waals surface area contributed by atoms with E-state index in [0.29, 0.717) is 22.0 Å². The maximum Gasteiger partial charge on any atom is 0.267 e. The first kappa shape index (κ1) is 24.5. The fourth-order valence-electron chi connectivity index (χ4n) is 4.45. The third-order valence-corrected chi connectivity index (χ3v) is 8.38. The Bertz CT molecular complexity index is 1480. The molecule has 0 fully saturated rings. The van der Waals surface area contributed by atoms with E-state index in [2.05, 4.69) is 17.1 Å². The van der Waals surface area contributed by atoms with Crippen molar-refractivity contribution in [2.75, 3.05) is 31.3 Å². The first-order chi connectivity index (χ1) is 17.5. The lowest BCUT2D eigenvalue weighted by Gasteiger charge is -2.25. The van der Waals surface area contributed by atoms with Crippen LogP contribution in [0.1, 0.15) is 22.9 Å². The predicted octanol–water partition coefficient (Wildman–Crippen LogP) is 4.87. The largest absolute Gasteiger partial charge is 0.497 e. The lowest BCUT2D eigenvalue weighted by Crippen LogP contribution is -2.30. The number of nitrogens with zero attached hydrogens (tertiary/aromatic N) is 3. The Kier molecular flexibility index (Phi) is 7.13. The van der Waals surface area contributed by atoms with Gasteiger partial charge < -0.3 is 10.1 Å². The lowest BCUT2D eigenvalue weighted by molar-refractivity contribution is -0.113. The van der Waals surface area contributed by atoms with E-state index in [1.807, 2.05) is 55.5 Å². The Morgan fingerprint density at radius 3 is 2.75 bits per heavy atom. The third-order valence-electron chi connectivity index (χ3n) is 6.33. The molecule has 0 radical (unpaired) electrons. The molecule has 5 rings (SSSR count). The number of benzene rings is 2. The molecular formula is C27H28N4O3S2. The van der Waals surface area contributed by atoms with Gasteiger partial charge in [-0.3, -0.25) is 19.1 Å². The highest BCUT2D eigenvalue weighted by Gasteiger charge is 2.25. The second-order valence-electron chi connectivity index (χ2n) is 8.74. The molecular weight excluding hydrogens is 492 g/mol. The number of aromatic nitrogens is 2. The van der Waals surface area contributed by atoms with Crippen LogP contribution in [0.15, 0.2) is 58.5 Å². The molecule has 0 unspecified atom stereocenters. The molecule has 7 nitrogen and oxygen atoms in total. The van der Waals surface area contributed by atoms with E-state index in [-0.39, 0.29) is 17.2 Å². The first-order valence-corrected chi connectivity index (χ1v) is 13.7. The fourth-order valence-corrected chi connectivity index (χ4v) is 6.57. The van der Waals surface area contributed by atoms with Gasteiger partial charge in [0.15, 0.2) is 5.16 Å². The molecule has 9 heteroatoms. The minimum atomic E-state index is -0.148. The van der Waals surface area contributed by atoms with Crippen LogP contribution in [-0.2, 0) is 17.8 Å². The van der Waals surface area contributed by atoms with Gasteiger partial charge in [0, 0.05) is 23.7 Å². The van der Waals surface area contributed by atoms with Gasteiger partial charge in [0.05, 0.1) is 23.9 Å². The zero-order chi connectivity index (χ0) is 25.2. The minimum absolute atomic E-state index is 0.0887. The van der Waals surface area contributed by atoms with Gasteiger partial charge in [-0.2, -0.15) is 0 Å². The van der Waals surface area contributed by atoms with Gasteiger partial charge in [-0.1, -0.05) is 30.8 Å². The number of thiophene rings is 1. The number of carbonyl (C=O) groups is 1. The van der Waals surface area contributed by atoms with Gasteiger partial charge in [0.1, 0.15) is 10.6 Å². The highest BCUT2D eigenvalue weighted by molar-refractivity contribution is 7.99. The highest BCUT2D eigenvalue weighted by Crippen LogP contribution is 2.34. The van der Waals surface area contributed by atoms with Crippen molar-refractivity contribution in [3.8, 4) is 11.4 Å². The van der Waals surface area contributed by atoms with Crippen molar-refractivity contribution in [3.05, 3.63) is 74.9 Å². The van der Waals surface area contributed by atoms with Gasteiger partial charge >= 0.3 is 0 Å². The van der Waals surface area contributed by atoms with Crippen LogP contribution in [0, 0.1) is 6.92 Å². The molecule has 36 heavy (non-hydrogen) atoms. The smallest absolute Gasteiger partial charge is 0.267 e. The molecule has 1 N–H and O–H groups in total. The molecule has 4 aromatic rings. The number of nitrogens with one attached hydrogen (secondary N) is 1. The maximum absolute atomic E-state index is 13.9. The first-order valence-electron chi connectivity index (χ1n) is 11.9. The average molecular weight is 521 g/mol. The molecule has 2 aromatic carbocycles. The number of rotatable bonds is 7. The fraction of sp³-hybridized carbons (Fsp3) is 0.296. The van der Waals surface area contributed by atoms with E-state index >= 15 is 0 Å². The topological polar surface area (TPSA) is 76.5 Å². The van der Waals surface area contributed by atoms with Crippen molar-refractivity contribution < 1.29 is 9.53 Å². The van der Waals surface area contributed by atoms with Crippen LogP contribution >= 0.6 is 23.1 Å². The molecule has 0 saturated carbocycles. The SMILES string of the molecule is CCN1CCc2c(sc3nc(SCC(=O)Nc4cccc(C)c4)n(-c4ccc(OC)cc4)c(=O)c23)C1. The Morgan fingerprint density at radius 2 is 2.03 bits per heavy atom. The van der Waals surface area contributed by atoms with Crippen molar-refractivity contribution in [3.63, 3.8) is 0 Å². The maximum atomic E-state index is 13.9. The third kappa shape index (κ3) is 4.91. The van der Waals surface area contributed by atoms with Crippen LogP contribution in [0.3, 0.4) is 0 Å². The Morgan fingerprint density at radius 1 is 1.22 bits per heavy atom. The summed E-state index contributed by atoms with van der Waals surface area (Å²) in [6, 6.07) is 15.0. The molecule has 3 heterocycles. The molecule has 0 aliphatic carbocycles. The number of amides is 1. The summed E-state index contributed by atoms with van der Waals surface area (Å²) in [6.07, 6.45) is 0.841. The molecule has 1 aliphatic heterocycles. The average Bonchev–Trinajstić information content (AvgIpc) is 3.25. The van der Waals surface area contributed by atoms with Gasteiger partial charge in [-0.05, 0) is 67.4 Å². The van der Waals surface area contributed by atoms with Crippen molar-refractivity contribution in [1.82, 2.24) is 14.5 Å². The summed E-state index contributed by atoms with van der Waals surface area (Å²) in [7, 11) is 1.61. The second-order valence-corrected chi connectivity index (χ2v) is 10.8. The van der Waals surface area contributed by atoms with Gasteiger partial charge in [0.2, 0.25) is 5.91 Å². The molecule has 2 aromatic heterocycles. The summed E-state index contributed by atoms with van der Waals surface area (Å²) in [5.41, 5.74) is 3.55. The number of ether oxygens (including phenoxy) is 1. The second kappa shape index (κ2) is 10.5. The number of methoxy groups -OCH3 is 1. The monoisotopic (exact) mass is 520 g/mol. The number of hydrogen-bond donors (Lipinski definition) is 1. The van der Waals surface area contributed by atoms with E-state index < -0.39 is 0 Å². The van der Waals surface area contributed by atoms with Crippen LogP contribution in [0.25, 0.3) is 15.9 Å². The van der Waals surface area contributed by atoms with E-state index in [1.54, 1.807) is 23.0 Å². The number of carbonyl (C=O) groups excluding carboxylic acids is 1. The normalized spacial score (nSPS) is 13.5. The van der Waals surface area contributed by atoms with Crippen LogP contribution in [0.4, 0.5) is 5.69 Å². The van der Waals surface area contributed by atoms with E-state index in [9.17, 15) is 9.59 Å². The Hall–Kier alpha value is -3.14. The zero-order valence-electron chi connectivity index (χ0n) is 20.5. The van der Waals surface area contributed by atoms with Gasteiger partial charge in [-0.25, -0.2) is 4.98 Å². The van der Waals surface area contributed by atoms with E-state index in [0.717, 1.165) is 47.7 Å². The van der Waals surface area contributed by atoms with Crippen LogP contribution in [-0.4, -0.2) is 46.3 Å². The summed E-state index contributed by atoms with van der Waals surface area (Å²) < 4.78 is 6.93. The molecule has 186 valence electrons. The molecule has 1 aliphatic rings. The zero-order valence-corrected chi connectivity index (χ0v) is 22.2. The number of likely N-dealkylation sites (N-methyl/N-ethyl adjacent to an activating group) is 1. The molecule has 1 amide bonds. The number of aryl methyl sites for hydroxylation is 1. The summed E-state index contributed by atoms with van der Waals surface area (Å²) in [5, 5.41) is 4.14. The highest BCUT2D eigenvalue weighted by atomic mass is 32.2. The van der Waals surface area contributed by atoms with Crippen molar-refractivity contribution in [1.29, 1.82) is 0 Å². The number of hydrogen-bond acceptors (Lipinski definition) is 7. The van der Waals surface area contributed by atoms with Crippen molar-refractivity contribution in [2.45, 2.75) is 32.0 Å². The summed E-state index contributed by atoms with van der Waals surface area (Å²) in [5.74, 6) is 0.696. The summed E-state index contributed by atoms with van der Waals surface area (Å²) >= 11 is 2.86. The minimum Gasteiger partial charge on any atom is -0.497 e. The van der Waals surface area contributed by atoms with Crippen LogP contribution in [0.5, 0.6) is 5.75 Å². The van der Waals surface area contributed by atoms with Crippen LogP contribution in [0.2, 0.25) is 0 Å². The van der Waals surface area contributed by atoms with Gasteiger partial charge in [0.25, 0.3) is 5.56 Å². The molecule has 0 atom stereocenters. The Labute approximate surface area is 218 Å². The standard InChI is InChI=1S/C27H28N4O3S2/c1-4-30-13-12-21-22(15-30)36-25-24(21)26(33)31(19-8-10-20(34-3)11-9-19)27(29-25)35-16-23(32)28-18-7-5-6-17(2)14-18/h5-11,14H,4,12-13,15-16H2,1-3H3,(H,28,32). The van der Waals surface area contributed by atoms with E-state index in [4.69, 9.17) is 9.72 Å². The summed E-state index contributed by atoms with van der Waals surface area (Å²) in [4.78, 5) is 35.9. The predicted molar refractivity (Wildman–Crippen MR) is 147 cm³/mol. The Balaban J connectivity index is 1.52. The quantitative estimate of drug-likeness (QED) is 0.277. The summed E-state index contributed by atoms with van der Waals surface area (Å²) in [6.45, 7) is 6.90. The van der Waals surface area contributed by atoms with Crippen molar-refractivity contribution >= 4 is 44.9 Å². The van der Waals surface area contributed by atoms with Crippen LogP contribution < -0.4 is 15.6 Å². The number of thioether (sulfide) groups is 1. The number of anilines is 1. The molecule has 0 saturated heterocycles. The molecule has 0 spiro atoms. The van der Waals surface area contributed by atoms with Crippen molar-refractivity contribution in [2.24, 2.45) is 0 Å². The lowest BCUT2D eigenvalue weighted by atomic mass is 10.1. The van der Waals surface area contributed by atoms with E-state index in [1.165, 1.54) is 16.6 Å².